The highest BCUT2D eigenvalue weighted by atomic mass is 79.9. The predicted octanol–water partition coefficient (Wildman–Crippen LogP) is 2.65. The fraction of sp³-hybridized carbons (Fsp3) is 0.111. The number of halogens is 1. The molecule has 2 aromatic rings. The highest BCUT2D eigenvalue weighted by Gasteiger charge is 2.03. The van der Waals surface area contributed by atoms with Crippen molar-refractivity contribution in [2.24, 2.45) is 5.73 Å². The van der Waals surface area contributed by atoms with Crippen LogP contribution in [-0.4, -0.2) is 0 Å². The minimum absolute atomic E-state index is 0.522. The maximum atomic E-state index is 5.53. The summed E-state index contributed by atoms with van der Waals surface area (Å²) >= 11 is 3.37. The average Bonchev–Trinajstić information content (AvgIpc) is 2.46. The van der Waals surface area contributed by atoms with E-state index in [1.54, 1.807) is 6.26 Å². The lowest BCUT2D eigenvalue weighted by Crippen LogP contribution is -1.93. The molecule has 0 saturated heterocycles. The van der Waals surface area contributed by atoms with Gasteiger partial charge in [-0.1, -0.05) is 15.9 Å². The Hall–Kier alpha value is -0.800. The van der Waals surface area contributed by atoms with Crippen molar-refractivity contribution < 1.29 is 4.42 Å². The molecule has 1 aromatic carbocycles. The van der Waals surface area contributed by atoms with Crippen LogP contribution >= 0.6 is 15.9 Å². The van der Waals surface area contributed by atoms with E-state index in [1.165, 1.54) is 0 Å². The third-order valence-electron chi connectivity index (χ3n) is 1.84. The number of nitrogens with two attached hydrogens (primary N) is 1. The van der Waals surface area contributed by atoms with Gasteiger partial charge in [-0.05, 0) is 18.2 Å². The van der Waals surface area contributed by atoms with Crippen LogP contribution in [0.3, 0.4) is 0 Å². The van der Waals surface area contributed by atoms with Gasteiger partial charge in [0.15, 0.2) is 0 Å². The first-order chi connectivity index (χ1) is 5.81. The third-order valence-corrected chi connectivity index (χ3v) is 2.33. The summed E-state index contributed by atoms with van der Waals surface area (Å²) in [6.45, 7) is 0.522. The fourth-order valence-electron chi connectivity index (χ4n) is 1.22. The first kappa shape index (κ1) is 7.83. The van der Waals surface area contributed by atoms with Crippen LogP contribution in [0, 0.1) is 0 Å². The van der Waals surface area contributed by atoms with Gasteiger partial charge in [0, 0.05) is 22.0 Å². The van der Waals surface area contributed by atoms with Crippen molar-refractivity contribution in [1.82, 2.24) is 0 Å². The highest BCUT2D eigenvalue weighted by Crippen LogP contribution is 2.24. The van der Waals surface area contributed by atoms with E-state index in [2.05, 4.69) is 15.9 Å². The number of hydrogen-bond acceptors (Lipinski definition) is 2. The molecule has 0 aliphatic carbocycles. The molecular formula is C9H8BrNO. The Morgan fingerprint density at radius 2 is 2.25 bits per heavy atom. The maximum absolute atomic E-state index is 5.53. The number of furan rings is 1. The summed E-state index contributed by atoms with van der Waals surface area (Å²) in [6, 6.07) is 5.93. The molecule has 2 rings (SSSR count). The van der Waals surface area contributed by atoms with Crippen LogP contribution in [0.2, 0.25) is 0 Å². The molecule has 3 heteroatoms. The van der Waals surface area contributed by atoms with E-state index >= 15 is 0 Å². The summed E-state index contributed by atoms with van der Waals surface area (Å²) in [5.74, 6) is 0. The maximum Gasteiger partial charge on any atom is 0.135 e. The summed E-state index contributed by atoms with van der Waals surface area (Å²) in [4.78, 5) is 0. The van der Waals surface area contributed by atoms with Crippen molar-refractivity contribution in [2.45, 2.75) is 6.54 Å². The first-order valence-electron chi connectivity index (χ1n) is 3.67. The van der Waals surface area contributed by atoms with E-state index < -0.39 is 0 Å². The molecule has 12 heavy (non-hydrogen) atoms. The topological polar surface area (TPSA) is 39.2 Å². The van der Waals surface area contributed by atoms with Crippen molar-refractivity contribution >= 4 is 26.9 Å². The molecule has 0 radical (unpaired) electrons. The van der Waals surface area contributed by atoms with E-state index in [1.807, 2.05) is 18.2 Å². The van der Waals surface area contributed by atoms with Gasteiger partial charge < -0.3 is 10.2 Å². The molecule has 0 unspecified atom stereocenters. The van der Waals surface area contributed by atoms with Gasteiger partial charge in [0.25, 0.3) is 0 Å². The van der Waals surface area contributed by atoms with Gasteiger partial charge in [0.2, 0.25) is 0 Å². The molecule has 62 valence electrons. The van der Waals surface area contributed by atoms with Gasteiger partial charge in [-0.15, -0.1) is 0 Å². The lowest BCUT2D eigenvalue weighted by molar-refractivity contribution is 0.610. The Balaban J connectivity index is 2.73. The van der Waals surface area contributed by atoms with Crippen LogP contribution in [0.25, 0.3) is 11.0 Å². The quantitative estimate of drug-likeness (QED) is 0.811. The molecule has 0 bridgehead atoms. The fourth-order valence-corrected chi connectivity index (χ4v) is 1.56. The predicted molar refractivity (Wildman–Crippen MR) is 51.8 cm³/mol. The Morgan fingerprint density at radius 3 is 3.00 bits per heavy atom. The van der Waals surface area contributed by atoms with E-state index in [-0.39, 0.29) is 0 Å². The van der Waals surface area contributed by atoms with Crippen molar-refractivity contribution in [3.05, 3.63) is 34.5 Å². The van der Waals surface area contributed by atoms with Gasteiger partial charge in [0.1, 0.15) is 5.58 Å². The van der Waals surface area contributed by atoms with Gasteiger partial charge in [-0.3, -0.25) is 0 Å². The van der Waals surface area contributed by atoms with E-state index in [0.717, 1.165) is 21.0 Å². The highest BCUT2D eigenvalue weighted by molar-refractivity contribution is 9.10. The number of rotatable bonds is 1. The summed E-state index contributed by atoms with van der Waals surface area (Å²) < 4.78 is 6.33. The molecule has 0 amide bonds. The van der Waals surface area contributed by atoms with Gasteiger partial charge in [-0.2, -0.15) is 0 Å². The molecule has 0 atom stereocenters. The Kier molecular flexibility index (Phi) is 1.90. The number of hydrogen-bond donors (Lipinski definition) is 1. The summed E-state index contributed by atoms with van der Waals surface area (Å²) in [5.41, 5.74) is 7.46. The lowest BCUT2D eigenvalue weighted by Gasteiger charge is -1.91. The third kappa shape index (κ3) is 1.15. The lowest BCUT2D eigenvalue weighted by atomic mass is 10.2. The van der Waals surface area contributed by atoms with E-state index in [4.69, 9.17) is 10.2 Å². The van der Waals surface area contributed by atoms with Crippen LogP contribution < -0.4 is 5.73 Å². The van der Waals surface area contributed by atoms with Crippen LogP contribution in [0.1, 0.15) is 5.56 Å². The standard InChI is InChI=1S/C9H8BrNO/c10-7-1-2-8-6(4-11)5-12-9(8)3-7/h1-3,5H,4,11H2. The zero-order valence-corrected chi connectivity index (χ0v) is 7.97. The largest absolute Gasteiger partial charge is 0.464 e. The van der Waals surface area contributed by atoms with E-state index in [9.17, 15) is 0 Å². The summed E-state index contributed by atoms with van der Waals surface area (Å²) in [7, 11) is 0. The molecule has 0 aliphatic rings. The zero-order valence-electron chi connectivity index (χ0n) is 6.38. The zero-order chi connectivity index (χ0) is 8.55. The van der Waals surface area contributed by atoms with Crippen molar-refractivity contribution in [1.29, 1.82) is 0 Å². The van der Waals surface area contributed by atoms with Crippen molar-refractivity contribution in [3.63, 3.8) is 0 Å². The Morgan fingerprint density at radius 1 is 1.42 bits per heavy atom. The van der Waals surface area contributed by atoms with E-state index in [0.29, 0.717) is 6.54 Å². The average molecular weight is 226 g/mol. The van der Waals surface area contributed by atoms with Crippen LogP contribution in [0.5, 0.6) is 0 Å². The molecular weight excluding hydrogens is 218 g/mol. The van der Waals surface area contributed by atoms with Gasteiger partial charge in [0.05, 0.1) is 6.26 Å². The monoisotopic (exact) mass is 225 g/mol. The SMILES string of the molecule is NCc1coc2cc(Br)ccc12. The number of benzene rings is 1. The van der Waals surface area contributed by atoms with Gasteiger partial charge in [-0.25, -0.2) is 0 Å². The Bertz CT molecular complexity index is 408. The second kappa shape index (κ2) is 2.92. The summed E-state index contributed by atoms with van der Waals surface area (Å²) in [5, 5.41) is 1.10. The van der Waals surface area contributed by atoms with Crippen LogP contribution in [0.4, 0.5) is 0 Å². The molecule has 0 saturated carbocycles. The minimum Gasteiger partial charge on any atom is -0.464 e. The van der Waals surface area contributed by atoms with Crippen LogP contribution in [-0.2, 0) is 6.54 Å². The first-order valence-corrected chi connectivity index (χ1v) is 4.46. The molecule has 0 fully saturated rings. The van der Waals surface area contributed by atoms with Crippen LogP contribution in [0.15, 0.2) is 33.4 Å². The van der Waals surface area contributed by atoms with Gasteiger partial charge >= 0.3 is 0 Å². The number of fused-ring (bicyclic) bond motifs is 1. The molecule has 2 nitrogen and oxygen atoms in total. The molecule has 0 aliphatic heterocycles. The molecule has 2 N–H and O–H groups in total. The minimum atomic E-state index is 0.522. The van der Waals surface area contributed by atoms with Crippen molar-refractivity contribution in [2.75, 3.05) is 0 Å². The summed E-state index contributed by atoms with van der Waals surface area (Å²) in [6.07, 6.45) is 1.71. The second-order valence-electron chi connectivity index (χ2n) is 2.61. The van der Waals surface area contributed by atoms with Crippen molar-refractivity contribution in [3.8, 4) is 0 Å². The Labute approximate surface area is 78.5 Å². The normalized spacial score (nSPS) is 10.8. The molecule has 0 spiro atoms. The molecule has 1 aromatic heterocycles. The molecule has 1 heterocycles. The smallest absolute Gasteiger partial charge is 0.135 e. The second-order valence-corrected chi connectivity index (χ2v) is 3.52.